The standard InChI is InChI=1S/C24H28N2O2/c1-28-21-11-8-17(9-12-21)16-2-6-19(7-3-16)24(27)23-22(18-4-5-18)13-10-20-14-25-15-26(20)23/h8-16,18-19,24,27H,2-7H2,1H3/t16-,19-,24-/m1/s1. The zero-order valence-electron chi connectivity index (χ0n) is 16.4. The van der Waals surface area contributed by atoms with Crippen molar-refractivity contribution < 1.29 is 9.84 Å². The van der Waals surface area contributed by atoms with Gasteiger partial charge in [0.1, 0.15) is 5.75 Å². The number of nitrogens with zero attached hydrogens (tertiary/aromatic N) is 2. The number of imidazole rings is 1. The highest BCUT2D eigenvalue weighted by Crippen LogP contribution is 2.47. The van der Waals surface area contributed by atoms with Crippen molar-refractivity contribution in [2.24, 2.45) is 5.92 Å². The predicted octanol–water partition coefficient (Wildman–Crippen LogP) is 5.23. The van der Waals surface area contributed by atoms with E-state index in [4.69, 9.17) is 4.74 Å². The summed E-state index contributed by atoms with van der Waals surface area (Å²) in [5.41, 5.74) is 4.88. The van der Waals surface area contributed by atoms with Gasteiger partial charge in [0.05, 0.1) is 36.9 Å². The molecule has 0 radical (unpaired) electrons. The van der Waals surface area contributed by atoms with E-state index in [2.05, 4.69) is 45.8 Å². The summed E-state index contributed by atoms with van der Waals surface area (Å²) in [4.78, 5) is 4.32. The molecule has 0 aliphatic heterocycles. The zero-order chi connectivity index (χ0) is 19.1. The lowest BCUT2D eigenvalue weighted by Crippen LogP contribution is -2.22. The molecular formula is C24H28N2O2. The molecule has 0 saturated heterocycles. The molecule has 3 aromatic rings. The Bertz CT molecular complexity index is 950. The number of fused-ring (bicyclic) bond motifs is 1. The number of pyridine rings is 1. The van der Waals surface area contributed by atoms with Gasteiger partial charge < -0.3 is 14.2 Å². The summed E-state index contributed by atoms with van der Waals surface area (Å²) in [5, 5.41) is 11.4. The second-order valence-corrected chi connectivity index (χ2v) is 8.47. The van der Waals surface area contributed by atoms with Gasteiger partial charge in [-0.1, -0.05) is 18.2 Å². The molecule has 0 spiro atoms. The summed E-state index contributed by atoms with van der Waals surface area (Å²) in [6.45, 7) is 0. The van der Waals surface area contributed by atoms with Crippen molar-refractivity contribution in [1.29, 1.82) is 0 Å². The Morgan fingerprint density at radius 2 is 1.68 bits per heavy atom. The third kappa shape index (κ3) is 3.20. The van der Waals surface area contributed by atoms with Crippen molar-refractivity contribution in [3.05, 3.63) is 65.7 Å². The summed E-state index contributed by atoms with van der Waals surface area (Å²) in [7, 11) is 1.71. The van der Waals surface area contributed by atoms with E-state index in [0.29, 0.717) is 17.8 Å². The van der Waals surface area contributed by atoms with E-state index in [0.717, 1.165) is 42.6 Å². The first-order chi connectivity index (χ1) is 13.7. The third-order valence-electron chi connectivity index (χ3n) is 6.76. The van der Waals surface area contributed by atoms with E-state index >= 15 is 0 Å². The van der Waals surface area contributed by atoms with Gasteiger partial charge in [-0.3, -0.25) is 0 Å². The molecule has 2 aliphatic carbocycles. The van der Waals surface area contributed by atoms with Gasteiger partial charge in [0.2, 0.25) is 0 Å². The van der Waals surface area contributed by atoms with Crippen molar-refractivity contribution in [2.75, 3.05) is 7.11 Å². The monoisotopic (exact) mass is 376 g/mol. The maximum Gasteiger partial charge on any atom is 0.118 e. The summed E-state index contributed by atoms with van der Waals surface area (Å²) in [6, 6.07) is 12.8. The molecule has 2 saturated carbocycles. The van der Waals surface area contributed by atoms with E-state index in [1.807, 2.05) is 12.5 Å². The van der Waals surface area contributed by atoms with Crippen LogP contribution in [0.15, 0.2) is 48.9 Å². The Labute approximate surface area is 166 Å². The van der Waals surface area contributed by atoms with Gasteiger partial charge in [0.25, 0.3) is 0 Å². The molecule has 0 bridgehead atoms. The molecule has 4 heteroatoms. The lowest BCUT2D eigenvalue weighted by molar-refractivity contribution is 0.0754. The first kappa shape index (κ1) is 17.7. The smallest absolute Gasteiger partial charge is 0.118 e. The van der Waals surface area contributed by atoms with Crippen LogP contribution in [0.2, 0.25) is 0 Å². The number of ether oxygens (including phenoxy) is 1. The molecule has 2 aromatic heterocycles. The van der Waals surface area contributed by atoms with Crippen LogP contribution in [0.4, 0.5) is 0 Å². The molecule has 2 heterocycles. The number of methoxy groups -OCH3 is 1. The molecule has 4 nitrogen and oxygen atoms in total. The maximum absolute atomic E-state index is 11.4. The number of hydrogen-bond donors (Lipinski definition) is 1. The van der Waals surface area contributed by atoms with Crippen molar-refractivity contribution in [2.45, 2.75) is 56.5 Å². The number of hydrogen-bond acceptors (Lipinski definition) is 3. The fraction of sp³-hybridized carbons (Fsp3) is 0.458. The number of aliphatic hydroxyl groups is 1. The Balaban J connectivity index is 1.34. The Kier molecular flexibility index (Phi) is 4.59. The fourth-order valence-corrected chi connectivity index (χ4v) is 4.95. The van der Waals surface area contributed by atoms with E-state index < -0.39 is 6.10 Å². The highest BCUT2D eigenvalue weighted by atomic mass is 16.5. The van der Waals surface area contributed by atoms with E-state index in [1.165, 1.54) is 24.0 Å². The van der Waals surface area contributed by atoms with Gasteiger partial charge in [0.15, 0.2) is 0 Å². The summed E-state index contributed by atoms with van der Waals surface area (Å²) >= 11 is 0. The SMILES string of the molecule is COc1ccc([C@H]2CC[C@H]([C@@H](O)c3c(C4CC4)ccc4cncn34)CC2)cc1. The number of rotatable bonds is 5. The Morgan fingerprint density at radius 1 is 0.964 bits per heavy atom. The topological polar surface area (TPSA) is 46.8 Å². The first-order valence-corrected chi connectivity index (χ1v) is 10.5. The predicted molar refractivity (Wildman–Crippen MR) is 110 cm³/mol. The summed E-state index contributed by atoms with van der Waals surface area (Å²) in [5.74, 6) is 2.43. The van der Waals surface area contributed by atoms with E-state index in [9.17, 15) is 5.11 Å². The van der Waals surface area contributed by atoms with Crippen LogP contribution in [0.1, 0.15) is 73.3 Å². The van der Waals surface area contributed by atoms with Crippen LogP contribution >= 0.6 is 0 Å². The van der Waals surface area contributed by atoms with Gasteiger partial charge in [0, 0.05) is 0 Å². The molecule has 0 amide bonds. The highest BCUT2D eigenvalue weighted by Gasteiger charge is 2.34. The van der Waals surface area contributed by atoms with Gasteiger partial charge in [-0.2, -0.15) is 0 Å². The van der Waals surface area contributed by atoms with Crippen molar-refractivity contribution in [3.8, 4) is 5.75 Å². The fourth-order valence-electron chi connectivity index (χ4n) is 4.95. The normalized spacial score (nSPS) is 23.6. The lowest BCUT2D eigenvalue weighted by Gasteiger charge is -2.33. The van der Waals surface area contributed by atoms with Crippen molar-refractivity contribution >= 4 is 5.52 Å². The first-order valence-electron chi connectivity index (χ1n) is 10.5. The molecule has 2 aliphatic rings. The molecule has 1 aromatic carbocycles. The number of aliphatic hydroxyl groups excluding tert-OH is 1. The van der Waals surface area contributed by atoms with Crippen LogP contribution < -0.4 is 4.74 Å². The van der Waals surface area contributed by atoms with Crippen LogP contribution in [-0.4, -0.2) is 21.6 Å². The molecule has 5 rings (SSSR count). The van der Waals surface area contributed by atoms with Crippen LogP contribution in [0, 0.1) is 5.92 Å². The second-order valence-electron chi connectivity index (χ2n) is 8.47. The van der Waals surface area contributed by atoms with Gasteiger partial charge in [-0.25, -0.2) is 4.98 Å². The minimum Gasteiger partial charge on any atom is -0.497 e. The van der Waals surface area contributed by atoms with Gasteiger partial charge >= 0.3 is 0 Å². The van der Waals surface area contributed by atoms with Crippen LogP contribution in [0.25, 0.3) is 5.52 Å². The Hall–Kier alpha value is -2.33. The summed E-state index contributed by atoms with van der Waals surface area (Å²) < 4.78 is 7.40. The maximum atomic E-state index is 11.4. The Morgan fingerprint density at radius 3 is 2.36 bits per heavy atom. The van der Waals surface area contributed by atoms with Gasteiger partial charge in [-0.15, -0.1) is 0 Å². The largest absolute Gasteiger partial charge is 0.497 e. The quantitative estimate of drug-likeness (QED) is 0.663. The highest BCUT2D eigenvalue weighted by molar-refractivity contribution is 5.50. The molecule has 0 unspecified atom stereocenters. The average molecular weight is 377 g/mol. The molecule has 1 N–H and O–H groups in total. The van der Waals surface area contributed by atoms with Crippen LogP contribution in [-0.2, 0) is 0 Å². The minimum absolute atomic E-state index is 0.319. The van der Waals surface area contributed by atoms with Crippen molar-refractivity contribution in [1.82, 2.24) is 9.38 Å². The van der Waals surface area contributed by atoms with Gasteiger partial charge in [-0.05, 0) is 85.6 Å². The zero-order valence-corrected chi connectivity index (χ0v) is 16.4. The molecule has 1 atom stereocenters. The average Bonchev–Trinajstić information content (AvgIpc) is 3.49. The molecule has 146 valence electrons. The molecule has 2 fully saturated rings. The molecule has 28 heavy (non-hydrogen) atoms. The summed E-state index contributed by atoms with van der Waals surface area (Å²) in [6.07, 6.45) is 10.2. The van der Waals surface area contributed by atoms with E-state index in [1.54, 1.807) is 7.11 Å². The second kappa shape index (κ2) is 7.25. The van der Waals surface area contributed by atoms with Crippen LogP contribution in [0.3, 0.4) is 0 Å². The van der Waals surface area contributed by atoms with E-state index in [-0.39, 0.29) is 0 Å². The number of aromatic nitrogens is 2. The molecular weight excluding hydrogens is 348 g/mol. The lowest BCUT2D eigenvalue weighted by atomic mass is 9.75. The third-order valence-corrected chi connectivity index (χ3v) is 6.76. The van der Waals surface area contributed by atoms with Crippen molar-refractivity contribution in [3.63, 3.8) is 0 Å². The number of benzene rings is 1. The minimum atomic E-state index is -0.412. The van der Waals surface area contributed by atoms with Crippen LogP contribution in [0.5, 0.6) is 5.75 Å².